The lowest BCUT2D eigenvalue weighted by Crippen LogP contribution is -2.38. The summed E-state index contributed by atoms with van der Waals surface area (Å²) in [5.41, 5.74) is -2.93. The molecular formula is C24H17F6NO3. The maximum absolute atomic E-state index is 13.2. The van der Waals surface area contributed by atoms with Crippen molar-refractivity contribution < 1.29 is 40.7 Å². The highest BCUT2D eigenvalue weighted by Gasteiger charge is 2.45. The van der Waals surface area contributed by atoms with Gasteiger partial charge < -0.3 is 4.74 Å². The van der Waals surface area contributed by atoms with Crippen molar-refractivity contribution in [1.82, 2.24) is 4.90 Å². The number of rotatable bonds is 3. The molecule has 34 heavy (non-hydrogen) atoms. The zero-order valence-electron chi connectivity index (χ0n) is 17.6. The van der Waals surface area contributed by atoms with Crippen molar-refractivity contribution in [3.63, 3.8) is 0 Å². The zero-order valence-corrected chi connectivity index (χ0v) is 17.6. The lowest BCUT2D eigenvalue weighted by molar-refractivity contribution is -0.143. The largest absolute Gasteiger partial charge is 0.439 e. The number of carbonyl (C=O) groups excluding carboxylic acids is 2. The van der Waals surface area contributed by atoms with E-state index in [0.717, 1.165) is 15.7 Å². The van der Waals surface area contributed by atoms with Crippen LogP contribution in [0.4, 0.5) is 31.1 Å². The van der Waals surface area contributed by atoms with Crippen molar-refractivity contribution >= 4 is 22.8 Å². The van der Waals surface area contributed by atoms with Gasteiger partial charge in [-0.15, -0.1) is 0 Å². The molecule has 1 aliphatic heterocycles. The van der Waals surface area contributed by atoms with Crippen LogP contribution in [0.15, 0.2) is 60.7 Å². The first-order chi connectivity index (χ1) is 15.9. The monoisotopic (exact) mass is 481 g/mol. The Morgan fingerprint density at radius 2 is 1.50 bits per heavy atom. The molecule has 0 saturated carbocycles. The van der Waals surface area contributed by atoms with Gasteiger partial charge in [-0.3, -0.25) is 4.79 Å². The molecule has 0 aromatic heterocycles. The fourth-order valence-corrected chi connectivity index (χ4v) is 4.08. The summed E-state index contributed by atoms with van der Waals surface area (Å²) < 4.78 is 84.5. The summed E-state index contributed by atoms with van der Waals surface area (Å²) in [4.78, 5) is 26.2. The fourth-order valence-electron chi connectivity index (χ4n) is 4.08. The Kier molecular flexibility index (Phi) is 5.79. The number of halogens is 6. The molecule has 0 aliphatic carbocycles. The second kappa shape index (κ2) is 8.34. The fraction of sp³-hybridized carbons (Fsp3) is 0.250. The Balaban J connectivity index is 1.65. The first-order valence-corrected chi connectivity index (χ1v) is 10.1. The van der Waals surface area contributed by atoms with Crippen LogP contribution in [0.25, 0.3) is 10.8 Å². The van der Waals surface area contributed by atoms with Crippen molar-refractivity contribution in [2.45, 2.75) is 37.8 Å². The van der Waals surface area contributed by atoms with E-state index >= 15 is 0 Å². The normalized spacial score (nSPS) is 18.9. The van der Waals surface area contributed by atoms with E-state index in [1.165, 1.54) is 6.92 Å². The molecule has 178 valence electrons. The highest BCUT2D eigenvalue weighted by atomic mass is 19.4. The molecule has 1 heterocycles. The summed E-state index contributed by atoms with van der Waals surface area (Å²) >= 11 is 0. The van der Waals surface area contributed by atoms with Crippen LogP contribution in [0, 0.1) is 0 Å². The number of imide groups is 1. The van der Waals surface area contributed by atoms with Crippen molar-refractivity contribution in [3.05, 3.63) is 82.9 Å². The predicted molar refractivity (Wildman–Crippen MR) is 110 cm³/mol. The summed E-state index contributed by atoms with van der Waals surface area (Å²) in [5, 5.41) is 1.65. The van der Waals surface area contributed by atoms with E-state index in [9.17, 15) is 35.9 Å². The molecule has 3 aromatic carbocycles. The van der Waals surface area contributed by atoms with Crippen molar-refractivity contribution in [1.29, 1.82) is 0 Å². The molecule has 4 rings (SSSR count). The number of nitrogens with zero attached hydrogens (tertiary/aromatic N) is 1. The van der Waals surface area contributed by atoms with Gasteiger partial charge in [0.05, 0.1) is 23.6 Å². The second-order valence-electron chi connectivity index (χ2n) is 7.96. The SMILES string of the molecule is CC1[C@@H](c2cc(C(F)(F)F)cc(C(F)(F)F)c2)OC(=O)N1C(=O)Cc1cccc2ccccc12. The summed E-state index contributed by atoms with van der Waals surface area (Å²) in [6, 6.07) is 12.4. The number of carbonyl (C=O) groups is 2. The summed E-state index contributed by atoms with van der Waals surface area (Å²) in [5.74, 6) is -0.681. The van der Waals surface area contributed by atoms with Gasteiger partial charge in [0.1, 0.15) is 6.10 Å². The minimum Gasteiger partial charge on any atom is -0.439 e. The molecule has 1 fully saturated rings. The Labute approximate surface area is 189 Å². The number of hydrogen-bond acceptors (Lipinski definition) is 3. The van der Waals surface area contributed by atoms with Crippen LogP contribution in [-0.4, -0.2) is 22.9 Å². The third kappa shape index (κ3) is 4.44. The smallest absolute Gasteiger partial charge is 0.417 e. The third-order valence-corrected chi connectivity index (χ3v) is 5.70. The van der Waals surface area contributed by atoms with Gasteiger partial charge in [-0.2, -0.15) is 26.3 Å². The first-order valence-electron chi connectivity index (χ1n) is 10.1. The lowest BCUT2D eigenvalue weighted by atomic mass is 9.97. The van der Waals surface area contributed by atoms with E-state index in [4.69, 9.17) is 4.74 Å². The van der Waals surface area contributed by atoms with Gasteiger partial charge in [0.15, 0.2) is 0 Å². The first kappa shape index (κ1) is 23.6. The van der Waals surface area contributed by atoms with Gasteiger partial charge >= 0.3 is 18.4 Å². The summed E-state index contributed by atoms with van der Waals surface area (Å²) in [6.45, 7) is 1.34. The molecule has 2 atom stereocenters. The quantitative estimate of drug-likeness (QED) is 0.400. The van der Waals surface area contributed by atoms with E-state index in [2.05, 4.69) is 0 Å². The van der Waals surface area contributed by atoms with Crippen LogP contribution in [0.2, 0.25) is 0 Å². The van der Waals surface area contributed by atoms with E-state index in [0.29, 0.717) is 17.7 Å². The molecule has 1 saturated heterocycles. The van der Waals surface area contributed by atoms with Crippen LogP contribution in [-0.2, 0) is 28.3 Å². The Morgan fingerprint density at radius 1 is 0.912 bits per heavy atom. The van der Waals surface area contributed by atoms with Gasteiger partial charge in [-0.05, 0) is 47.0 Å². The molecule has 4 nitrogen and oxygen atoms in total. The molecule has 0 radical (unpaired) electrons. The van der Waals surface area contributed by atoms with E-state index in [1.807, 2.05) is 18.2 Å². The summed E-state index contributed by atoms with van der Waals surface area (Å²) in [6.07, 6.45) is -12.9. The maximum atomic E-state index is 13.2. The van der Waals surface area contributed by atoms with Gasteiger partial charge in [0.25, 0.3) is 0 Å². The molecule has 3 aromatic rings. The molecule has 10 heteroatoms. The Morgan fingerprint density at radius 3 is 2.12 bits per heavy atom. The molecular weight excluding hydrogens is 464 g/mol. The molecule has 1 aliphatic rings. The van der Waals surface area contributed by atoms with Crippen LogP contribution in [0.1, 0.15) is 35.3 Å². The minimum atomic E-state index is -5.05. The van der Waals surface area contributed by atoms with Crippen LogP contribution >= 0.6 is 0 Å². The number of fused-ring (bicyclic) bond motifs is 1. The van der Waals surface area contributed by atoms with E-state index in [-0.39, 0.29) is 12.5 Å². The third-order valence-electron chi connectivity index (χ3n) is 5.70. The molecule has 0 spiro atoms. The molecule has 1 unspecified atom stereocenters. The highest BCUT2D eigenvalue weighted by Crippen LogP contribution is 2.41. The van der Waals surface area contributed by atoms with Crippen LogP contribution in [0.5, 0.6) is 0 Å². The second-order valence-corrected chi connectivity index (χ2v) is 7.96. The number of cyclic esters (lactones) is 1. The maximum Gasteiger partial charge on any atom is 0.417 e. The van der Waals surface area contributed by atoms with Crippen molar-refractivity contribution in [3.8, 4) is 0 Å². The number of benzene rings is 3. The standard InChI is InChI=1S/C24H17F6NO3/c1-13-21(16-9-17(23(25,26)27)12-18(10-16)24(28,29)30)34-22(33)31(13)20(32)11-15-7-4-6-14-5-2-3-8-19(14)15/h2-10,12-13,21H,11H2,1H3/t13?,21-/m0/s1. The van der Waals surface area contributed by atoms with E-state index in [1.54, 1.807) is 24.3 Å². The molecule has 2 amide bonds. The number of hydrogen-bond donors (Lipinski definition) is 0. The van der Waals surface area contributed by atoms with Gasteiger partial charge in [0, 0.05) is 0 Å². The predicted octanol–water partition coefficient (Wildman–Crippen LogP) is 6.53. The lowest BCUT2D eigenvalue weighted by Gasteiger charge is -2.21. The highest BCUT2D eigenvalue weighted by molar-refractivity contribution is 5.97. The van der Waals surface area contributed by atoms with Crippen LogP contribution in [0.3, 0.4) is 0 Å². The van der Waals surface area contributed by atoms with Crippen molar-refractivity contribution in [2.24, 2.45) is 0 Å². The van der Waals surface area contributed by atoms with Crippen molar-refractivity contribution in [2.75, 3.05) is 0 Å². The Bertz CT molecular complexity index is 1230. The van der Waals surface area contributed by atoms with Gasteiger partial charge in [0.2, 0.25) is 5.91 Å². The molecule has 0 N–H and O–H groups in total. The topological polar surface area (TPSA) is 46.6 Å². The number of alkyl halides is 6. The van der Waals surface area contributed by atoms with Gasteiger partial charge in [-0.1, -0.05) is 42.5 Å². The minimum absolute atomic E-state index is 0.00558. The number of ether oxygens (including phenoxy) is 1. The molecule has 0 bridgehead atoms. The summed E-state index contributed by atoms with van der Waals surface area (Å²) in [7, 11) is 0. The average molecular weight is 481 g/mol. The zero-order chi connectivity index (χ0) is 24.8. The van der Waals surface area contributed by atoms with Crippen LogP contribution < -0.4 is 0 Å². The van der Waals surface area contributed by atoms with E-state index < -0.39 is 53.2 Å². The Hall–Kier alpha value is -3.56. The average Bonchev–Trinajstić information content (AvgIpc) is 3.06. The number of amides is 2. The van der Waals surface area contributed by atoms with Gasteiger partial charge in [-0.25, -0.2) is 9.69 Å².